The summed E-state index contributed by atoms with van der Waals surface area (Å²) in [5, 5.41) is 4.93. The summed E-state index contributed by atoms with van der Waals surface area (Å²) in [7, 11) is 0. The zero-order valence-electron chi connectivity index (χ0n) is 16.6. The molecule has 0 aromatic rings. The van der Waals surface area contributed by atoms with Crippen LogP contribution in [0.2, 0.25) is 0 Å². The molecule has 0 spiro atoms. The van der Waals surface area contributed by atoms with Crippen LogP contribution in [0.3, 0.4) is 0 Å². The van der Waals surface area contributed by atoms with Crippen molar-refractivity contribution in [2.45, 2.75) is 84.5 Å². The van der Waals surface area contributed by atoms with Crippen molar-refractivity contribution in [1.29, 1.82) is 0 Å². The number of ether oxygens (including phenoxy) is 1. The van der Waals surface area contributed by atoms with Gasteiger partial charge in [0, 0.05) is 6.04 Å². The average Bonchev–Trinajstić information content (AvgIpc) is 2.84. The summed E-state index contributed by atoms with van der Waals surface area (Å²) >= 11 is 0. The van der Waals surface area contributed by atoms with Gasteiger partial charge in [0.15, 0.2) is 0 Å². The number of rotatable bonds is 4. The number of likely N-dealkylation sites (tertiary alicyclic amines) is 1. The van der Waals surface area contributed by atoms with Crippen LogP contribution in [0.25, 0.3) is 0 Å². The van der Waals surface area contributed by atoms with Crippen LogP contribution < -0.4 is 10.6 Å². The number of terminal acetylenes is 1. The maximum absolute atomic E-state index is 12.6. The number of carbonyl (C=O) groups is 3. The number of amides is 4. The summed E-state index contributed by atoms with van der Waals surface area (Å²) in [5.41, 5.74) is -0.677. The highest BCUT2D eigenvalue weighted by molar-refractivity contribution is 5.98. The Balaban J connectivity index is 2.78. The van der Waals surface area contributed by atoms with Crippen LogP contribution in [-0.2, 0) is 9.53 Å². The molecule has 7 nitrogen and oxygen atoms in total. The van der Waals surface area contributed by atoms with Crippen LogP contribution in [0.4, 0.5) is 9.59 Å². The molecule has 1 aliphatic rings. The molecule has 1 aliphatic heterocycles. The molecule has 0 bridgehead atoms. The normalized spacial score (nSPS) is 21.1. The molecule has 1 saturated heterocycles. The summed E-state index contributed by atoms with van der Waals surface area (Å²) in [5.74, 6) is 2.16. The molecule has 0 aliphatic carbocycles. The van der Waals surface area contributed by atoms with E-state index in [1.165, 1.54) is 4.90 Å². The van der Waals surface area contributed by atoms with E-state index in [2.05, 4.69) is 16.6 Å². The van der Waals surface area contributed by atoms with E-state index < -0.39 is 29.7 Å². The molecule has 0 radical (unpaired) electrons. The molecule has 1 unspecified atom stereocenters. The maximum Gasteiger partial charge on any atom is 0.408 e. The van der Waals surface area contributed by atoms with E-state index in [-0.39, 0.29) is 18.0 Å². The molecular formula is C19H31N3O4. The van der Waals surface area contributed by atoms with E-state index in [4.69, 9.17) is 11.2 Å². The van der Waals surface area contributed by atoms with Crippen LogP contribution in [-0.4, -0.2) is 46.7 Å². The van der Waals surface area contributed by atoms with Crippen molar-refractivity contribution in [2.24, 2.45) is 5.92 Å². The second kappa shape index (κ2) is 8.93. The Morgan fingerprint density at radius 3 is 2.38 bits per heavy atom. The van der Waals surface area contributed by atoms with Crippen LogP contribution in [0.5, 0.6) is 0 Å². The topological polar surface area (TPSA) is 87.7 Å². The number of carbonyl (C=O) groups excluding carboxylic acids is 3. The Bertz CT molecular complexity index is 574. The summed E-state index contributed by atoms with van der Waals surface area (Å²) in [6.07, 6.45) is 6.67. The summed E-state index contributed by atoms with van der Waals surface area (Å²) in [6, 6.07) is -1.75. The lowest BCUT2D eigenvalue weighted by Gasteiger charge is -2.27. The van der Waals surface area contributed by atoms with E-state index in [1.54, 1.807) is 20.8 Å². The van der Waals surface area contributed by atoms with Gasteiger partial charge in [0.1, 0.15) is 11.6 Å². The second-order valence-electron chi connectivity index (χ2n) is 8.14. The molecule has 7 heteroatoms. The minimum atomic E-state index is -0.865. The van der Waals surface area contributed by atoms with Crippen LogP contribution >= 0.6 is 0 Å². The molecule has 0 aromatic carbocycles. The fourth-order valence-electron chi connectivity index (χ4n) is 2.90. The van der Waals surface area contributed by atoms with Gasteiger partial charge < -0.3 is 15.0 Å². The lowest BCUT2D eigenvalue weighted by molar-refractivity contribution is -0.122. The van der Waals surface area contributed by atoms with Crippen LogP contribution in [0.15, 0.2) is 0 Å². The highest BCUT2D eigenvalue weighted by Gasteiger charge is 2.35. The zero-order chi connectivity index (χ0) is 20.1. The highest BCUT2D eigenvalue weighted by atomic mass is 16.6. The number of nitrogens with zero attached hydrogens (tertiary/aromatic N) is 1. The van der Waals surface area contributed by atoms with E-state index >= 15 is 0 Å². The quantitative estimate of drug-likeness (QED) is 0.750. The Morgan fingerprint density at radius 2 is 1.88 bits per heavy atom. The van der Waals surface area contributed by atoms with Gasteiger partial charge in [-0.25, -0.2) is 9.59 Å². The molecule has 0 saturated carbocycles. The summed E-state index contributed by atoms with van der Waals surface area (Å²) in [4.78, 5) is 38.6. The van der Waals surface area contributed by atoms with Crippen molar-refractivity contribution in [3.05, 3.63) is 0 Å². The van der Waals surface area contributed by atoms with Crippen molar-refractivity contribution in [3.63, 3.8) is 0 Å². The average molecular weight is 365 g/mol. The first-order chi connectivity index (χ1) is 11.9. The Kier molecular flexibility index (Phi) is 7.49. The largest absolute Gasteiger partial charge is 0.444 e. The molecule has 2 N–H and O–H groups in total. The molecule has 1 heterocycles. The number of alkyl carbamates (subject to hydrolysis) is 1. The second-order valence-corrected chi connectivity index (χ2v) is 8.14. The zero-order valence-corrected chi connectivity index (χ0v) is 16.6. The van der Waals surface area contributed by atoms with Crippen molar-refractivity contribution < 1.29 is 19.1 Å². The van der Waals surface area contributed by atoms with Crippen LogP contribution in [0, 0.1) is 18.3 Å². The third-order valence-corrected chi connectivity index (χ3v) is 4.04. The van der Waals surface area contributed by atoms with Gasteiger partial charge in [-0.15, -0.1) is 6.42 Å². The number of imide groups is 1. The van der Waals surface area contributed by atoms with Gasteiger partial charge in [-0.1, -0.05) is 19.8 Å². The van der Waals surface area contributed by atoms with Crippen LogP contribution in [0.1, 0.15) is 60.8 Å². The Labute approximate surface area is 156 Å². The fraction of sp³-hybridized carbons (Fsp3) is 0.737. The van der Waals surface area contributed by atoms with Gasteiger partial charge in [-0.3, -0.25) is 10.1 Å². The Morgan fingerprint density at radius 1 is 1.27 bits per heavy atom. The minimum Gasteiger partial charge on any atom is -0.444 e. The van der Waals surface area contributed by atoms with Crippen molar-refractivity contribution >= 4 is 18.0 Å². The number of urea groups is 1. The predicted octanol–water partition coefficient (Wildman–Crippen LogP) is 2.65. The summed E-state index contributed by atoms with van der Waals surface area (Å²) in [6.45, 7) is 11.0. The van der Waals surface area contributed by atoms with E-state index in [1.807, 2.05) is 20.8 Å². The van der Waals surface area contributed by atoms with Gasteiger partial charge in [0.25, 0.3) is 5.91 Å². The monoisotopic (exact) mass is 365 g/mol. The molecule has 146 valence electrons. The van der Waals surface area contributed by atoms with Crippen molar-refractivity contribution in [1.82, 2.24) is 15.5 Å². The van der Waals surface area contributed by atoms with E-state index in [0.717, 1.165) is 6.42 Å². The van der Waals surface area contributed by atoms with Gasteiger partial charge >= 0.3 is 12.1 Å². The van der Waals surface area contributed by atoms with E-state index in [9.17, 15) is 14.4 Å². The third kappa shape index (κ3) is 6.58. The smallest absolute Gasteiger partial charge is 0.408 e. The molecule has 26 heavy (non-hydrogen) atoms. The number of hydrogen-bond donors (Lipinski definition) is 2. The molecule has 1 fully saturated rings. The summed E-state index contributed by atoms with van der Waals surface area (Å²) < 4.78 is 5.20. The number of hydrogen-bond acceptors (Lipinski definition) is 4. The SMILES string of the molecule is C#C[C@H]1CCC(C)N1C(=O)NC(=O)[C@H](CC(C)C)NC(=O)OC(C)(C)C. The standard InChI is InChI=1S/C19H31N3O4/c1-8-14-10-9-13(4)22(14)17(24)21-16(23)15(11-12(2)3)20-18(25)26-19(5,6)7/h1,12-15H,9-11H2,2-7H3,(H,20,25)(H,21,23,24)/t13?,14-,15-/m0/s1. The fourth-order valence-corrected chi connectivity index (χ4v) is 2.90. The first-order valence-corrected chi connectivity index (χ1v) is 9.03. The van der Waals surface area contributed by atoms with Gasteiger partial charge in [0.2, 0.25) is 0 Å². The molecule has 0 aromatic heterocycles. The van der Waals surface area contributed by atoms with Crippen molar-refractivity contribution in [3.8, 4) is 12.3 Å². The Hall–Kier alpha value is -2.23. The van der Waals surface area contributed by atoms with Gasteiger partial charge in [-0.05, 0) is 52.9 Å². The lowest BCUT2D eigenvalue weighted by atomic mass is 10.0. The first-order valence-electron chi connectivity index (χ1n) is 9.03. The lowest BCUT2D eigenvalue weighted by Crippen LogP contribution is -2.54. The maximum atomic E-state index is 12.6. The first kappa shape index (κ1) is 21.8. The number of nitrogens with one attached hydrogen (secondary N) is 2. The molecule has 4 amide bonds. The molecule has 1 rings (SSSR count). The minimum absolute atomic E-state index is 0.0359. The molecular weight excluding hydrogens is 334 g/mol. The molecule has 3 atom stereocenters. The highest BCUT2D eigenvalue weighted by Crippen LogP contribution is 2.23. The third-order valence-electron chi connectivity index (χ3n) is 4.04. The van der Waals surface area contributed by atoms with Gasteiger partial charge in [0.05, 0.1) is 6.04 Å². The predicted molar refractivity (Wildman–Crippen MR) is 99.3 cm³/mol. The van der Waals surface area contributed by atoms with E-state index in [0.29, 0.717) is 12.8 Å². The van der Waals surface area contributed by atoms with Gasteiger partial charge in [-0.2, -0.15) is 0 Å². The van der Waals surface area contributed by atoms with Crippen molar-refractivity contribution in [2.75, 3.05) is 0 Å².